The van der Waals surface area contributed by atoms with Crippen molar-refractivity contribution in [1.29, 1.82) is 0 Å². The number of aromatic nitrogens is 6. The first-order valence-corrected chi connectivity index (χ1v) is 11.4. The van der Waals surface area contributed by atoms with Gasteiger partial charge in [-0.3, -0.25) is 14.4 Å². The van der Waals surface area contributed by atoms with Crippen LogP contribution in [0.25, 0.3) is 22.3 Å². The van der Waals surface area contributed by atoms with E-state index in [4.69, 9.17) is 0 Å². The molecule has 4 aromatic rings. The number of nitrogens with one attached hydrogen (secondary N) is 2. The molecule has 0 radical (unpaired) electrons. The van der Waals surface area contributed by atoms with Gasteiger partial charge in [0.2, 0.25) is 0 Å². The Labute approximate surface area is 196 Å². The maximum Gasteiger partial charge on any atom is 0.272 e. The second kappa shape index (κ2) is 8.94. The van der Waals surface area contributed by atoms with Crippen LogP contribution in [0.2, 0.25) is 0 Å². The molecular formula is C24H27FN8O. The van der Waals surface area contributed by atoms with E-state index in [0.29, 0.717) is 28.3 Å². The second-order valence-corrected chi connectivity index (χ2v) is 8.97. The van der Waals surface area contributed by atoms with Gasteiger partial charge in [-0.2, -0.15) is 5.10 Å². The fourth-order valence-corrected chi connectivity index (χ4v) is 4.63. The number of hydrogen-bond donors (Lipinski definition) is 2. The molecule has 0 saturated carbocycles. The Kier molecular flexibility index (Phi) is 5.82. The van der Waals surface area contributed by atoms with Crippen molar-refractivity contribution in [3.8, 4) is 11.1 Å². The van der Waals surface area contributed by atoms with Gasteiger partial charge in [0.05, 0.1) is 12.2 Å². The van der Waals surface area contributed by atoms with Crippen LogP contribution >= 0.6 is 0 Å². The molecule has 1 aromatic carbocycles. The number of carbonyl (C=O) groups is 1. The summed E-state index contributed by atoms with van der Waals surface area (Å²) >= 11 is 0. The average Bonchev–Trinajstić information content (AvgIpc) is 3.55. The number of imidazole rings is 1. The van der Waals surface area contributed by atoms with E-state index in [1.54, 1.807) is 17.9 Å². The van der Waals surface area contributed by atoms with E-state index < -0.39 is 0 Å². The number of aryl methyl sites for hydroxylation is 1. The van der Waals surface area contributed by atoms with Gasteiger partial charge in [0.1, 0.15) is 23.5 Å². The van der Waals surface area contributed by atoms with E-state index in [-0.39, 0.29) is 30.0 Å². The first-order valence-electron chi connectivity index (χ1n) is 11.4. The van der Waals surface area contributed by atoms with Crippen molar-refractivity contribution in [3.63, 3.8) is 0 Å². The second-order valence-electron chi connectivity index (χ2n) is 8.97. The number of fused-ring (bicyclic) bond motifs is 1. The zero-order valence-electron chi connectivity index (χ0n) is 19.4. The molecule has 1 atom stereocenters. The highest BCUT2D eigenvalue weighted by atomic mass is 19.1. The monoisotopic (exact) mass is 462 g/mol. The normalized spacial score (nSPS) is 16.6. The summed E-state index contributed by atoms with van der Waals surface area (Å²) in [6.45, 7) is 5.52. The number of hydrogen-bond acceptors (Lipinski definition) is 6. The molecule has 9 nitrogen and oxygen atoms in total. The smallest absolute Gasteiger partial charge is 0.272 e. The maximum atomic E-state index is 14.2. The molecule has 0 bridgehead atoms. The Balaban J connectivity index is 1.36. The zero-order chi connectivity index (χ0) is 23.8. The van der Waals surface area contributed by atoms with Crippen LogP contribution in [0, 0.1) is 5.82 Å². The summed E-state index contributed by atoms with van der Waals surface area (Å²) in [5.41, 5.74) is 3.35. The van der Waals surface area contributed by atoms with Crippen LogP contribution in [-0.2, 0) is 13.6 Å². The van der Waals surface area contributed by atoms with E-state index in [1.807, 2.05) is 12.3 Å². The summed E-state index contributed by atoms with van der Waals surface area (Å²) in [7, 11) is 1.81. The van der Waals surface area contributed by atoms with Crippen LogP contribution in [0.1, 0.15) is 54.6 Å². The lowest BCUT2D eigenvalue weighted by Crippen LogP contribution is -2.30. The minimum atomic E-state index is -0.375. The van der Waals surface area contributed by atoms with Gasteiger partial charge < -0.3 is 10.3 Å². The third kappa shape index (κ3) is 4.28. The van der Waals surface area contributed by atoms with Gasteiger partial charge in [0.25, 0.3) is 5.91 Å². The lowest BCUT2D eigenvalue weighted by molar-refractivity contribution is 0.0947. The summed E-state index contributed by atoms with van der Waals surface area (Å²) in [6, 6.07) is 5.27. The molecule has 1 amide bonds. The number of rotatable bonds is 6. The Morgan fingerprint density at radius 3 is 2.88 bits per heavy atom. The van der Waals surface area contributed by atoms with Crippen LogP contribution < -0.4 is 5.32 Å². The number of likely N-dealkylation sites (tertiary alicyclic amines) is 1. The van der Waals surface area contributed by atoms with Crippen LogP contribution in [0.15, 0.2) is 36.9 Å². The maximum absolute atomic E-state index is 14.2. The SMILES string of the molecule is CC(C)N1CCC[C@H]1c1nc2ncnc(C(=O)NCc3cc(F)cc(-c4cnn(C)c4)c3)c2[nH]1. The van der Waals surface area contributed by atoms with E-state index in [2.05, 4.69) is 49.1 Å². The van der Waals surface area contributed by atoms with Gasteiger partial charge in [-0.05, 0) is 62.6 Å². The summed E-state index contributed by atoms with van der Waals surface area (Å²) in [5.74, 6) is 0.0587. The van der Waals surface area contributed by atoms with Crippen molar-refractivity contribution in [2.75, 3.05) is 6.54 Å². The minimum absolute atomic E-state index is 0.153. The van der Waals surface area contributed by atoms with Crippen LogP contribution in [0.4, 0.5) is 4.39 Å². The van der Waals surface area contributed by atoms with E-state index in [1.165, 1.54) is 18.5 Å². The zero-order valence-corrected chi connectivity index (χ0v) is 19.4. The highest BCUT2D eigenvalue weighted by Crippen LogP contribution is 2.33. The number of carbonyl (C=O) groups excluding carboxylic acids is 1. The van der Waals surface area contributed by atoms with E-state index >= 15 is 0 Å². The first kappa shape index (κ1) is 22.1. The molecule has 34 heavy (non-hydrogen) atoms. The molecule has 1 fully saturated rings. The fraction of sp³-hybridized carbons (Fsp3) is 0.375. The lowest BCUT2D eigenvalue weighted by atomic mass is 10.1. The molecule has 0 spiro atoms. The lowest BCUT2D eigenvalue weighted by Gasteiger charge is -2.26. The predicted molar refractivity (Wildman–Crippen MR) is 125 cm³/mol. The average molecular weight is 463 g/mol. The van der Waals surface area contributed by atoms with Crippen molar-refractivity contribution in [3.05, 3.63) is 59.8 Å². The highest BCUT2D eigenvalue weighted by molar-refractivity contribution is 6.02. The molecule has 4 heterocycles. The van der Waals surface area contributed by atoms with Crippen LogP contribution in [-0.4, -0.2) is 53.1 Å². The molecule has 2 N–H and O–H groups in total. The van der Waals surface area contributed by atoms with Crippen molar-refractivity contribution in [2.45, 2.75) is 45.3 Å². The van der Waals surface area contributed by atoms with Crippen molar-refractivity contribution in [1.82, 2.24) is 39.9 Å². The number of halogens is 1. The standard InChI is InChI=1S/C24H27FN8O/c1-14(2)33-6-4-5-19(33)22-30-20-21(27-13-28-23(20)31-22)24(34)26-10-15-7-16(9-18(25)8-15)17-11-29-32(3)12-17/h7-9,11-14,19H,4-6,10H2,1-3H3,(H,26,34)(H,27,28,30,31)/t19-/m0/s1. The molecule has 176 valence electrons. The number of H-pyrrole nitrogens is 1. The molecule has 5 rings (SSSR count). The summed E-state index contributed by atoms with van der Waals surface area (Å²) < 4.78 is 15.9. The highest BCUT2D eigenvalue weighted by Gasteiger charge is 2.31. The van der Waals surface area contributed by atoms with Gasteiger partial charge in [-0.1, -0.05) is 0 Å². The predicted octanol–water partition coefficient (Wildman–Crippen LogP) is 3.37. The Morgan fingerprint density at radius 2 is 2.12 bits per heavy atom. The molecule has 0 aliphatic carbocycles. The Morgan fingerprint density at radius 1 is 1.26 bits per heavy atom. The Hall–Kier alpha value is -3.66. The third-order valence-electron chi connectivity index (χ3n) is 6.24. The summed E-state index contributed by atoms with van der Waals surface area (Å²) in [4.78, 5) is 31.8. The summed E-state index contributed by atoms with van der Waals surface area (Å²) in [6.07, 6.45) is 6.95. The third-order valence-corrected chi connectivity index (χ3v) is 6.24. The molecule has 1 aliphatic heterocycles. The van der Waals surface area contributed by atoms with Gasteiger partial charge in [0, 0.05) is 31.4 Å². The summed E-state index contributed by atoms with van der Waals surface area (Å²) in [5, 5.41) is 6.99. The first-order chi connectivity index (χ1) is 16.4. The van der Waals surface area contributed by atoms with Crippen molar-refractivity contribution in [2.24, 2.45) is 7.05 Å². The van der Waals surface area contributed by atoms with Gasteiger partial charge in [0.15, 0.2) is 11.3 Å². The number of benzene rings is 1. The van der Waals surface area contributed by atoms with Gasteiger partial charge in [-0.15, -0.1) is 0 Å². The van der Waals surface area contributed by atoms with Crippen LogP contribution in [0.5, 0.6) is 0 Å². The topological polar surface area (TPSA) is 105 Å². The molecule has 0 unspecified atom stereocenters. The molecule has 10 heteroatoms. The van der Waals surface area contributed by atoms with E-state index in [0.717, 1.165) is 30.8 Å². The van der Waals surface area contributed by atoms with Gasteiger partial charge in [-0.25, -0.2) is 19.3 Å². The molecular weight excluding hydrogens is 435 g/mol. The van der Waals surface area contributed by atoms with Gasteiger partial charge >= 0.3 is 0 Å². The fourth-order valence-electron chi connectivity index (χ4n) is 4.63. The van der Waals surface area contributed by atoms with Crippen LogP contribution in [0.3, 0.4) is 0 Å². The number of amides is 1. The Bertz CT molecular complexity index is 1340. The molecule has 1 saturated heterocycles. The number of aromatic amines is 1. The van der Waals surface area contributed by atoms with Crippen molar-refractivity contribution >= 4 is 17.1 Å². The van der Waals surface area contributed by atoms with E-state index in [9.17, 15) is 9.18 Å². The van der Waals surface area contributed by atoms with Crippen molar-refractivity contribution < 1.29 is 9.18 Å². The number of nitrogens with zero attached hydrogens (tertiary/aromatic N) is 6. The molecule has 3 aromatic heterocycles. The minimum Gasteiger partial charge on any atom is -0.347 e. The quantitative estimate of drug-likeness (QED) is 0.455. The molecule has 1 aliphatic rings. The largest absolute Gasteiger partial charge is 0.347 e.